The molecule has 56 heavy (non-hydrogen) atoms. The number of halogens is 1. The highest BCUT2D eigenvalue weighted by Crippen LogP contribution is 2.46. The van der Waals surface area contributed by atoms with Crippen LogP contribution in [0.4, 0.5) is 9.18 Å². The average Bonchev–Trinajstić information content (AvgIpc) is 3.83. The van der Waals surface area contributed by atoms with E-state index in [2.05, 4.69) is 29.6 Å². The quantitative estimate of drug-likeness (QED) is 0.188. The smallest absolute Gasteiger partial charge is 0.411 e. The average molecular weight is 775 g/mol. The van der Waals surface area contributed by atoms with Crippen LogP contribution in [0.3, 0.4) is 0 Å². The molecule has 286 valence electrons. The molecule has 0 saturated carbocycles. The lowest BCUT2D eigenvalue weighted by molar-refractivity contribution is -0.172. The maximum atomic E-state index is 15.0. The number of nitrogens with zero attached hydrogens (tertiary/aromatic N) is 3. The van der Waals surface area contributed by atoms with Crippen molar-refractivity contribution in [3.63, 3.8) is 0 Å². The second-order valence-corrected chi connectivity index (χ2v) is 16.9. The fourth-order valence-electron chi connectivity index (χ4n) is 8.79. The SMILES string of the molecule is CC[C@@]1(O)C(=O)OCc2c1cc1n(c2=O)Cc2c-1nc1cc(F)c(C)cc1c2CNC(=O)[C@@H]1CSC(C)(C)N1C(=O)OCC1c2ccccc2-c2ccccc21. The molecule has 5 aromatic rings. The molecule has 4 aliphatic rings. The number of aromatic nitrogens is 2. The van der Waals surface area contributed by atoms with Crippen molar-refractivity contribution in [1.29, 1.82) is 0 Å². The second-order valence-electron chi connectivity index (χ2n) is 15.3. The van der Waals surface area contributed by atoms with E-state index in [-0.39, 0.29) is 55.7 Å². The van der Waals surface area contributed by atoms with Gasteiger partial charge in [0.05, 0.1) is 33.9 Å². The number of carbonyl (C=O) groups is 3. The highest BCUT2D eigenvalue weighted by Gasteiger charge is 2.48. The van der Waals surface area contributed by atoms with Crippen LogP contribution in [0.15, 0.2) is 71.5 Å². The van der Waals surface area contributed by atoms with E-state index in [1.54, 1.807) is 26.0 Å². The van der Waals surface area contributed by atoms with Gasteiger partial charge in [0.2, 0.25) is 5.91 Å². The van der Waals surface area contributed by atoms with Gasteiger partial charge < -0.3 is 24.5 Å². The summed E-state index contributed by atoms with van der Waals surface area (Å²) < 4.78 is 27.8. The Balaban J connectivity index is 1.01. The van der Waals surface area contributed by atoms with Gasteiger partial charge in [-0.15, -0.1) is 11.8 Å². The van der Waals surface area contributed by atoms with Crippen LogP contribution in [-0.2, 0) is 44.4 Å². The highest BCUT2D eigenvalue weighted by atomic mass is 32.2. The lowest BCUT2D eigenvalue weighted by atomic mass is 9.86. The number of thioether (sulfide) groups is 1. The van der Waals surface area contributed by atoms with Gasteiger partial charge in [0.25, 0.3) is 5.56 Å². The first-order chi connectivity index (χ1) is 26.8. The number of nitrogens with one attached hydrogen (secondary N) is 1. The molecule has 2 amide bonds. The Bertz CT molecular complexity index is 2560. The Hall–Kier alpha value is -5.53. The van der Waals surface area contributed by atoms with Gasteiger partial charge in [0, 0.05) is 40.8 Å². The van der Waals surface area contributed by atoms with Crippen molar-refractivity contribution < 1.29 is 33.4 Å². The van der Waals surface area contributed by atoms with E-state index < -0.39 is 40.0 Å². The van der Waals surface area contributed by atoms with E-state index in [0.29, 0.717) is 44.7 Å². The van der Waals surface area contributed by atoms with Gasteiger partial charge in [0.15, 0.2) is 5.60 Å². The number of aliphatic hydroxyl groups is 1. The summed E-state index contributed by atoms with van der Waals surface area (Å²) in [5.41, 5.74) is 5.07. The number of esters is 1. The maximum absolute atomic E-state index is 15.0. The van der Waals surface area contributed by atoms with Crippen molar-refractivity contribution in [2.45, 2.75) is 76.2 Å². The molecular weight excluding hydrogens is 736 g/mol. The number of rotatable bonds is 6. The van der Waals surface area contributed by atoms with Gasteiger partial charge in [-0.2, -0.15) is 0 Å². The minimum atomic E-state index is -2.01. The zero-order chi connectivity index (χ0) is 39.3. The van der Waals surface area contributed by atoms with Gasteiger partial charge in [-0.1, -0.05) is 55.5 Å². The van der Waals surface area contributed by atoms with Crippen LogP contribution in [0.2, 0.25) is 0 Å². The van der Waals surface area contributed by atoms with Gasteiger partial charge in [0.1, 0.15) is 25.1 Å². The summed E-state index contributed by atoms with van der Waals surface area (Å²) in [7, 11) is 0. The molecule has 2 N–H and O–H groups in total. The summed E-state index contributed by atoms with van der Waals surface area (Å²) >= 11 is 1.48. The number of hydrogen-bond acceptors (Lipinski definition) is 9. The molecule has 0 spiro atoms. The number of benzene rings is 3. The monoisotopic (exact) mass is 774 g/mol. The van der Waals surface area contributed by atoms with Crippen molar-refractivity contribution in [2.24, 2.45) is 0 Å². The summed E-state index contributed by atoms with van der Waals surface area (Å²) in [5, 5.41) is 15.0. The zero-order valence-electron chi connectivity index (χ0n) is 31.3. The molecule has 3 aromatic carbocycles. The Morgan fingerprint density at radius 2 is 1.75 bits per heavy atom. The molecule has 1 fully saturated rings. The van der Waals surface area contributed by atoms with Crippen LogP contribution >= 0.6 is 11.8 Å². The van der Waals surface area contributed by atoms with Crippen molar-refractivity contribution in [1.82, 2.24) is 19.8 Å². The topological polar surface area (TPSA) is 140 Å². The van der Waals surface area contributed by atoms with E-state index >= 15 is 4.39 Å². The number of amides is 2. The number of ether oxygens (including phenoxy) is 2. The minimum absolute atomic E-state index is 0.00562. The zero-order valence-corrected chi connectivity index (χ0v) is 32.1. The van der Waals surface area contributed by atoms with E-state index in [1.807, 2.05) is 38.1 Å². The van der Waals surface area contributed by atoms with Crippen molar-refractivity contribution >= 4 is 40.6 Å². The Morgan fingerprint density at radius 1 is 1.05 bits per heavy atom. The van der Waals surface area contributed by atoms with Gasteiger partial charge in [-0.05, 0) is 72.7 Å². The molecule has 0 unspecified atom stereocenters. The van der Waals surface area contributed by atoms with Gasteiger partial charge in [-0.25, -0.2) is 19.0 Å². The summed E-state index contributed by atoms with van der Waals surface area (Å²) in [6.07, 6.45) is -0.596. The molecule has 11 nitrogen and oxygen atoms in total. The molecule has 13 heteroatoms. The molecule has 5 heterocycles. The van der Waals surface area contributed by atoms with Crippen molar-refractivity contribution in [3.8, 4) is 22.5 Å². The molecular formula is C43H39FN4O7S. The van der Waals surface area contributed by atoms with E-state index in [4.69, 9.17) is 14.5 Å². The normalized spacial score (nSPS) is 20.2. The van der Waals surface area contributed by atoms with Crippen LogP contribution in [0, 0.1) is 12.7 Å². The Labute approximate surface area is 325 Å². The molecule has 2 atom stereocenters. The number of cyclic esters (lactones) is 1. The predicted molar refractivity (Wildman–Crippen MR) is 208 cm³/mol. The van der Waals surface area contributed by atoms with Crippen molar-refractivity contribution in [3.05, 3.63) is 122 Å². The first-order valence-corrected chi connectivity index (χ1v) is 19.7. The molecule has 3 aliphatic heterocycles. The fraction of sp³-hybridized carbons (Fsp3) is 0.326. The molecule has 1 saturated heterocycles. The van der Waals surface area contributed by atoms with Crippen LogP contribution in [-0.4, -0.2) is 60.8 Å². The second kappa shape index (κ2) is 13.0. The number of aryl methyl sites for hydroxylation is 1. The molecule has 0 bridgehead atoms. The molecule has 0 radical (unpaired) electrons. The van der Waals surface area contributed by atoms with Gasteiger partial charge in [-0.3, -0.25) is 14.5 Å². The third-order valence-electron chi connectivity index (χ3n) is 11.8. The Morgan fingerprint density at radius 3 is 2.45 bits per heavy atom. The molecule has 9 rings (SSSR count). The van der Waals surface area contributed by atoms with Crippen LogP contribution < -0.4 is 10.9 Å². The lowest BCUT2D eigenvalue weighted by Gasteiger charge is -2.33. The summed E-state index contributed by atoms with van der Waals surface area (Å²) in [4.78, 5) is 60.3. The number of carbonyl (C=O) groups excluding carboxylic acids is 3. The third-order valence-corrected chi connectivity index (χ3v) is 13.2. The molecule has 1 aliphatic carbocycles. The summed E-state index contributed by atoms with van der Waals surface area (Å²) in [6, 6.07) is 20.0. The number of fused-ring (bicyclic) bond motifs is 8. The van der Waals surface area contributed by atoms with Crippen LogP contribution in [0.5, 0.6) is 0 Å². The predicted octanol–water partition coefficient (Wildman–Crippen LogP) is 6.25. The number of hydrogen-bond donors (Lipinski definition) is 2. The van der Waals surface area contributed by atoms with E-state index in [0.717, 1.165) is 22.3 Å². The summed E-state index contributed by atoms with van der Waals surface area (Å²) in [5.74, 6) is -1.48. The molecule has 2 aromatic heterocycles. The standard InChI is InChI=1S/C43H39FN4O7S/c1-5-43(53)32-15-35-37-29(18-47(35)39(50)31(32)20-54-40(43)51)28(27-14-22(2)33(44)16-34(27)46-37)17-45-38(49)36-21-56-42(3,4)48(36)41(52)55-19-30-25-12-8-6-10-23(25)24-11-7-9-13-26(24)30/h6-16,30,36,53H,5,17-21H2,1-4H3,(H,45,49)/t36-,43-/m0/s1. The van der Waals surface area contributed by atoms with Crippen molar-refractivity contribution in [2.75, 3.05) is 12.4 Å². The lowest BCUT2D eigenvalue weighted by Crippen LogP contribution is -2.53. The Kier molecular flexibility index (Phi) is 8.40. The largest absolute Gasteiger partial charge is 0.458 e. The van der Waals surface area contributed by atoms with Crippen LogP contribution in [0.25, 0.3) is 33.4 Å². The fourth-order valence-corrected chi connectivity index (χ4v) is 10.00. The number of pyridine rings is 2. The van der Waals surface area contributed by atoms with E-state index in [9.17, 15) is 24.3 Å². The minimum Gasteiger partial charge on any atom is -0.458 e. The maximum Gasteiger partial charge on any atom is 0.411 e. The van der Waals surface area contributed by atoms with Gasteiger partial charge >= 0.3 is 12.1 Å². The highest BCUT2D eigenvalue weighted by molar-refractivity contribution is 8.00. The first kappa shape index (κ1) is 36.1. The first-order valence-electron chi connectivity index (χ1n) is 18.7. The summed E-state index contributed by atoms with van der Waals surface area (Å²) in [6.45, 7) is 6.98. The van der Waals surface area contributed by atoms with Crippen LogP contribution in [0.1, 0.15) is 72.1 Å². The third kappa shape index (κ3) is 5.38. The van der Waals surface area contributed by atoms with E-state index in [1.165, 1.54) is 27.3 Å².